The van der Waals surface area contributed by atoms with Crippen molar-refractivity contribution in [2.75, 3.05) is 25.1 Å². The molecule has 0 radical (unpaired) electrons. The first-order chi connectivity index (χ1) is 13.9. The molecule has 4 unspecified atom stereocenters. The van der Waals surface area contributed by atoms with Gasteiger partial charge in [-0.05, 0) is 43.5 Å². The highest BCUT2D eigenvalue weighted by Crippen LogP contribution is 2.30. The molecule has 2 aliphatic heterocycles. The Morgan fingerprint density at radius 3 is 2.64 bits per heavy atom. The molecule has 4 atom stereocenters. The van der Waals surface area contributed by atoms with Crippen LogP contribution < -0.4 is 10.6 Å². The van der Waals surface area contributed by atoms with E-state index < -0.39 is 0 Å². The van der Waals surface area contributed by atoms with Gasteiger partial charge in [-0.3, -0.25) is 0 Å². The standard InChI is InChI=1S/C21H28N4O3/c1-2-5-14(6-3-1)11-23-16-12-27-20-17(13-28-19(16)20)25-21-22-9-8-15(24-21)18-7-4-10-26-18/h4,7-10,14,16-17,19-20,23H,1-3,5-6,11-13H2,(H,22,24,25). The molecule has 0 spiro atoms. The maximum absolute atomic E-state index is 6.09. The minimum atomic E-state index is 0.0275. The molecule has 150 valence electrons. The lowest BCUT2D eigenvalue weighted by Gasteiger charge is -2.25. The molecule has 2 aromatic heterocycles. The summed E-state index contributed by atoms with van der Waals surface area (Å²) in [6.45, 7) is 2.38. The SMILES string of the molecule is c1coc(-c2ccnc(NC3COC4C(NCC5CCCCC5)COC34)n2)c1. The highest BCUT2D eigenvalue weighted by Gasteiger charge is 2.47. The molecule has 4 heterocycles. The van der Waals surface area contributed by atoms with E-state index in [1.54, 1.807) is 12.5 Å². The molecule has 0 bridgehead atoms. The number of nitrogens with one attached hydrogen (secondary N) is 2. The van der Waals surface area contributed by atoms with Gasteiger partial charge in [0, 0.05) is 6.20 Å². The fourth-order valence-electron chi connectivity index (χ4n) is 4.66. The Morgan fingerprint density at radius 2 is 1.82 bits per heavy atom. The second-order valence-corrected chi connectivity index (χ2v) is 8.11. The average Bonchev–Trinajstić information content (AvgIpc) is 3.47. The number of furan rings is 1. The van der Waals surface area contributed by atoms with Gasteiger partial charge in [-0.1, -0.05) is 19.3 Å². The Kier molecular flexibility index (Phi) is 5.29. The second-order valence-electron chi connectivity index (χ2n) is 8.11. The van der Waals surface area contributed by atoms with Crippen molar-refractivity contribution in [1.29, 1.82) is 0 Å². The molecule has 3 fully saturated rings. The monoisotopic (exact) mass is 384 g/mol. The molecule has 28 heavy (non-hydrogen) atoms. The van der Waals surface area contributed by atoms with Crippen LogP contribution in [-0.4, -0.2) is 54.0 Å². The summed E-state index contributed by atoms with van der Waals surface area (Å²) in [5.41, 5.74) is 0.761. The van der Waals surface area contributed by atoms with Crippen LogP contribution in [-0.2, 0) is 9.47 Å². The molecule has 5 rings (SSSR count). The van der Waals surface area contributed by atoms with Crippen LogP contribution in [0.25, 0.3) is 11.5 Å². The smallest absolute Gasteiger partial charge is 0.223 e. The van der Waals surface area contributed by atoms with E-state index in [2.05, 4.69) is 20.6 Å². The summed E-state index contributed by atoms with van der Waals surface area (Å²) in [6, 6.07) is 5.92. The second kappa shape index (κ2) is 8.19. The molecule has 2 aromatic rings. The van der Waals surface area contributed by atoms with Crippen molar-refractivity contribution < 1.29 is 13.9 Å². The molecule has 2 N–H and O–H groups in total. The summed E-state index contributed by atoms with van der Waals surface area (Å²) < 4.78 is 17.6. The maximum atomic E-state index is 6.09. The van der Waals surface area contributed by atoms with Gasteiger partial charge in [-0.25, -0.2) is 9.97 Å². The molecule has 0 aromatic carbocycles. The normalized spacial score (nSPS) is 30.4. The van der Waals surface area contributed by atoms with Crippen molar-refractivity contribution in [1.82, 2.24) is 15.3 Å². The van der Waals surface area contributed by atoms with E-state index in [0.717, 1.165) is 23.9 Å². The van der Waals surface area contributed by atoms with Crippen LogP contribution in [0, 0.1) is 5.92 Å². The van der Waals surface area contributed by atoms with Crippen molar-refractivity contribution >= 4 is 5.95 Å². The summed E-state index contributed by atoms with van der Waals surface area (Å²) in [4.78, 5) is 8.92. The Bertz CT molecular complexity index is 763. The third-order valence-corrected chi connectivity index (χ3v) is 6.19. The van der Waals surface area contributed by atoms with Crippen molar-refractivity contribution in [2.45, 2.75) is 56.4 Å². The van der Waals surface area contributed by atoms with E-state index in [0.29, 0.717) is 19.2 Å². The minimum absolute atomic E-state index is 0.0275. The van der Waals surface area contributed by atoms with E-state index in [1.807, 2.05) is 18.2 Å². The van der Waals surface area contributed by atoms with E-state index >= 15 is 0 Å². The average molecular weight is 384 g/mol. The largest absolute Gasteiger partial charge is 0.463 e. The maximum Gasteiger partial charge on any atom is 0.223 e. The number of fused-ring (bicyclic) bond motifs is 1. The molecule has 3 aliphatic rings. The summed E-state index contributed by atoms with van der Waals surface area (Å²) in [5.74, 6) is 2.11. The number of aromatic nitrogens is 2. The first kappa shape index (κ1) is 18.1. The Hall–Kier alpha value is -1.96. The Labute approximate surface area is 165 Å². The van der Waals surface area contributed by atoms with E-state index in [1.165, 1.54) is 32.1 Å². The van der Waals surface area contributed by atoms with Crippen molar-refractivity contribution in [3.8, 4) is 11.5 Å². The molecular weight excluding hydrogens is 356 g/mol. The number of nitrogens with zero attached hydrogens (tertiary/aromatic N) is 2. The summed E-state index contributed by atoms with van der Waals surface area (Å²) in [7, 11) is 0. The zero-order valence-electron chi connectivity index (χ0n) is 16.0. The molecule has 0 amide bonds. The summed E-state index contributed by atoms with van der Waals surface area (Å²) >= 11 is 0. The predicted molar refractivity (Wildman–Crippen MR) is 105 cm³/mol. The fourth-order valence-corrected chi connectivity index (χ4v) is 4.66. The lowest BCUT2D eigenvalue weighted by Crippen LogP contribution is -2.44. The summed E-state index contributed by atoms with van der Waals surface area (Å²) in [5, 5.41) is 7.11. The van der Waals surface area contributed by atoms with Crippen LogP contribution in [0.15, 0.2) is 35.1 Å². The van der Waals surface area contributed by atoms with Crippen molar-refractivity contribution in [3.05, 3.63) is 30.7 Å². The quantitative estimate of drug-likeness (QED) is 0.792. The van der Waals surface area contributed by atoms with Gasteiger partial charge >= 0.3 is 0 Å². The zero-order chi connectivity index (χ0) is 18.8. The van der Waals surface area contributed by atoms with E-state index in [4.69, 9.17) is 13.9 Å². The Balaban J connectivity index is 1.18. The zero-order valence-corrected chi connectivity index (χ0v) is 16.0. The van der Waals surface area contributed by atoms with Gasteiger partial charge in [0.25, 0.3) is 0 Å². The lowest BCUT2D eigenvalue weighted by atomic mass is 9.89. The number of anilines is 1. The summed E-state index contributed by atoms with van der Waals surface area (Å²) in [6.07, 6.45) is 10.4. The molecule has 1 aliphatic carbocycles. The van der Waals surface area contributed by atoms with Crippen molar-refractivity contribution in [2.24, 2.45) is 5.92 Å². The van der Waals surface area contributed by atoms with Gasteiger partial charge in [0.15, 0.2) is 5.76 Å². The van der Waals surface area contributed by atoms with Crippen molar-refractivity contribution in [3.63, 3.8) is 0 Å². The van der Waals surface area contributed by atoms with Crippen LogP contribution in [0.5, 0.6) is 0 Å². The van der Waals surface area contributed by atoms with Gasteiger partial charge in [0.05, 0.1) is 31.6 Å². The van der Waals surface area contributed by atoms with Gasteiger partial charge in [-0.2, -0.15) is 0 Å². The van der Waals surface area contributed by atoms with Crippen LogP contribution >= 0.6 is 0 Å². The van der Waals surface area contributed by atoms with Crippen LogP contribution in [0.3, 0.4) is 0 Å². The number of hydrogen-bond donors (Lipinski definition) is 2. The first-order valence-corrected chi connectivity index (χ1v) is 10.5. The molecule has 2 saturated heterocycles. The molecule has 7 heteroatoms. The molecule has 7 nitrogen and oxygen atoms in total. The topological polar surface area (TPSA) is 81.4 Å². The van der Waals surface area contributed by atoms with Crippen LogP contribution in [0.2, 0.25) is 0 Å². The number of ether oxygens (including phenoxy) is 2. The van der Waals surface area contributed by atoms with Gasteiger partial charge < -0.3 is 24.5 Å². The lowest BCUT2D eigenvalue weighted by molar-refractivity contribution is 0.0671. The van der Waals surface area contributed by atoms with Gasteiger partial charge in [0.2, 0.25) is 5.95 Å². The van der Waals surface area contributed by atoms with E-state index in [-0.39, 0.29) is 24.3 Å². The van der Waals surface area contributed by atoms with Crippen LogP contribution in [0.1, 0.15) is 32.1 Å². The third-order valence-electron chi connectivity index (χ3n) is 6.19. The highest BCUT2D eigenvalue weighted by atomic mass is 16.6. The van der Waals surface area contributed by atoms with Crippen LogP contribution in [0.4, 0.5) is 5.95 Å². The molecular formula is C21H28N4O3. The fraction of sp³-hybridized carbons (Fsp3) is 0.619. The van der Waals surface area contributed by atoms with Gasteiger partial charge in [-0.15, -0.1) is 0 Å². The Morgan fingerprint density at radius 1 is 1.00 bits per heavy atom. The molecule has 1 saturated carbocycles. The minimum Gasteiger partial charge on any atom is -0.463 e. The number of rotatable bonds is 6. The van der Waals surface area contributed by atoms with E-state index in [9.17, 15) is 0 Å². The number of hydrogen-bond acceptors (Lipinski definition) is 7. The van der Waals surface area contributed by atoms with Gasteiger partial charge in [0.1, 0.15) is 17.9 Å². The third kappa shape index (κ3) is 3.79. The first-order valence-electron chi connectivity index (χ1n) is 10.5. The highest BCUT2D eigenvalue weighted by molar-refractivity contribution is 5.53. The predicted octanol–water partition coefficient (Wildman–Crippen LogP) is 2.85.